The van der Waals surface area contributed by atoms with Crippen molar-refractivity contribution in [2.24, 2.45) is 0 Å². The SMILES string of the molecule is COCCC[C@@H]1CCCCN1C(=O)c1cccc(CCC(C)(C)O)c1. The number of carbonyl (C=O) groups is 1. The molecule has 0 unspecified atom stereocenters. The third-order valence-corrected chi connectivity index (χ3v) is 4.97. The molecule has 1 amide bonds. The molecule has 0 aromatic heterocycles. The molecule has 1 aliphatic heterocycles. The summed E-state index contributed by atoms with van der Waals surface area (Å²) in [5, 5.41) is 9.91. The summed E-state index contributed by atoms with van der Waals surface area (Å²) in [5.74, 6) is 0.146. The van der Waals surface area contributed by atoms with Gasteiger partial charge in [-0.3, -0.25) is 4.79 Å². The van der Waals surface area contributed by atoms with E-state index >= 15 is 0 Å². The zero-order chi connectivity index (χ0) is 18.3. The molecule has 1 heterocycles. The van der Waals surface area contributed by atoms with Crippen molar-refractivity contribution in [3.05, 3.63) is 35.4 Å². The third-order valence-electron chi connectivity index (χ3n) is 4.97. The van der Waals surface area contributed by atoms with Crippen molar-refractivity contribution in [3.8, 4) is 0 Å². The van der Waals surface area contributed by atoms with E-state index in [1.807, 2.05) is 38.1 Å². The van der Waals surface area contributed by atoms with Crippen molar-refractivity contribution in [2.45, 2.75) is 70.4 Å². The number of carbonyl (C=O) groups excluding carboxylic acids is 1. The summed E-state index contributed by atoms with van der Waals surface area (Å²) in [6.45, 7) is 5.25. The largest absolute Gasteiger partial charge is 0.390 e. The molecule has 1 aromatic carbocycles. The quantitative estimate of drug-likeness (QED) is 0.728. The summed E-state index contributed by atoms with van der Waals surface area (Å²) in [4.78, 5) is 15.1. The first-order valence-electron chi connectivity index (χ1n) is 9.52. The maximum Gasteiger partial charge on any atom is 0.254 e. The Morgan fingerprint density at radius 3 is 2.88 bits per heavy atom. The Labute approximate surface area is 152 Å². The zero-order valence-corrected chi connectivity index (χ0v) is 16.0. The molecule has 0 bridgehead atoms. The fraction of sp³-hybridized carbons (Fsp3) is 0.667. The summed E-state index contributed by atoms with van der Waals surface area (Å²) in [6.07, 6.45) is 6.86. The van der Waals surface area contributed by atoms with E-state index in [1.54, 1.807) is 7.11 Å². The minimum atomic E-state index is -0.681. The van der Waals surface area contributed by atoms with E-state index < -0.39 is 5.60 Å². The van der Waals surface area contributed by atoms with Crippen LogP contribution in [0.2, 0.25) is 0 Å². The molecule has 2 rings (SSSR count). The summed E-state index contributed by atoms with van der Waals surface area (Å²) < 4.78 is 5.16. The standard InChI is InChI=1S/C21H33NO3/c1-21(2,24)13-12-17-8-6-9-18(16-17)20(23)22-14-5-4-10-19(22)11-7-15-25-3/h6,8-9,16,19,24H,4-5,7,10-15H2,1-3H3/t19-/m0/s1. The monoisotopic (exact) mass is 347 g/mol. The lowest BCUT2D eigenvalue weighted by atomic mass is 9.95. The zero-order valence-electron chi connectivity index (χ0n) is 16.0. The summed E-state index contributed by atoms with van der Waals surface area (Å²) in [5.41, 5.74) is 1.20. The van der Waals surface area contributed by atoms with Crippen molar-refractivity contribution in [2.75, 3.05) is 20.3 Å². The summed E-state index contributed by atoms with van der Waals surface area (Å²) in [6, 6.07) is 8.23. The van der Waals surface area contributed by atoms with E-state index in [0.29, 0.717) is 12.5 Å². The van der Waals surface area contributed by atoms with Gasteiger partial charge in [-0.15, -0.1) is 0 Å². The number of aliphatic hydroxyl groups is 1. The first-order valence-corrected chi connectivity index (χ1v) is 9.52. The van der Waals surface area contributed by atoms with Gasteiger partial charge < -0.3 is 14.7 Å². The average Bonchev–Trinajstić information content (AvgIpc) is 2.60. The van der Waals surface area contributed by atoms with Crippen molar-refractivity contribution in [3.63, 3.8) is 0 Å². The molecular formula is C21H33NO3. The van der Waals surface area contributed by atoms with Crippen LogP contribution in [0.5, 0.6) is 0 Å². The first kappa shape index (κ1) is 19.9. The molecule has 25 heavy (non-hydrogen) atoms. The maximum absolute atomic E-state index is 13.0. The van der Waals surface area contributed by atoms with Crippen molar-refractivity contribution >= 4 is 5.91 Å². The smallest absolute Gasteiger partial charge is 0.254 e. The van der Waals surface area contributed by atoms with Crippen LogP contribution in [0, 0.1) is 0 Å². The molecule has 1 aliphatic rings. The lowest BCUT2D eigenvalue weighted by Gasteiger charge is -2.36. The van der Waals surface area contributed by atoms with Crippen molar-refractivity contribution < 1.29 is 14.6 Å². The van der Waals surface area contributed by atoms with Gasteiger partial charge in [0.05, 0.1) is 5.60 Å². The molecule has 0 aliphatic carbocycles. The van der Waals surface area contributed by atoms with Crippen LogP contribution in [-0.4, -0.2) is 47.8 Å². The second-order valence-corrected chi connectivity index (χ2v) is 7.80. The number of ether oxygens (including phenoxy) is 1. The average molecular weight is 347 g/mol. The Kier molecular flexibility index (Phi) is 7.45. The van der Waals surface area contributed by atoms with Crippen LogP contribution >= 0.6 is 0 Å². The Morgan fingerprint density at radius 2 is 2.16 bits per heavy atom. The molecule has 1 saturated heterocycles. The van der Waals surface area contributed by atoms with E-state index in [2.05, 4.69) is 4.90 Å². The van der Waals surface area contributed by atoms with Crippen LogP contribution in [0.15, 0.2) is 24.3 Å². The van der Waals surface area contributed by atoms with Crippen molar-refractivity contribution in [1.82, 2.24) is 4.90 Å². The van der Waals surface area contributed by atoms with Gasteiger partial charge in [0.25, 0.3) is 5.91 Å². The lowest BCUT2D eigenvalue weighted by Crippen LogP contribution is -2.43. The van der Waals surface area contributed by atoms with Gasteiger partial charge in [0.2, 0.25) is 0 Å². The highest BCUT2D eigenvalue weighted by Crippen LogP contribution is 2.24. The van der Waals surface area contributed by atoms with Crippen LogP contribution in [0.4, 0.5) is 0 Å². The molecule has 4 nitrogen and oxygen atoms in total. The molecule has 140 valence electrons. The lowest BCUT2D eigenvalue weighted by molar-refractivity contribution is 0.0585. The van der Waals surface area contributed by atoms with Gasteiger partial charge in [0.1, 0.15) is 0 Å². The van der Waals surface area contributed by atoms with Crippen LogP contribution in [-0.2, 0) is 11.2 Å². The summed E-state index contributed by atoms with van der Waals surface area (Å²) in [7, 11) is 1.73. The molecule has 1 fully saturated rings. The van der Waals surface area contributed by atoms with Gasteiger partial charge in [-0.2, -0.15) is 0 Å². The number of aryl methyl sites for hydroxylation is 1. The normalized spacial score (nSPS) is 18.4. The van der Waals surface area contributed by atoms with Gasteiger partial charge in [-0.05, 0) is 76.5 Å². The Hall–Kier alpha value is -1.39. The number of hydrogen-bond donors (Lipinski definition) is 1. The highest BCUT2D eigenvalue weighted by atomic mass is 16.5. The number of methoxy groups -OCH3 is 1. The van der Waals surface area contributed by atoms with E-state index in [0.717, 1.165) is 56.4 Å². The van der Waals surface area contributed by atoms with Gasteiger partial charge in [0, 0.05) is 31.9 Å². The number of rotatable bonds is 8. The van der Waals surface area contributed by atoms with Crippen LogP contribution in [0.1, 0.15) is 68.3 Å². The molecule has 0 saturated carbocycles. The number of benzene rings is 1. The molecule has 1 atom stereocenters. The van der Waals surface area contributed by atoms with E-state index in [1.165, 1.54) is 6.42 Å². The second-order valence-electron chi connectivity index (χ2n) is 7.80. The van der Waals surface area contributed by atoms with E-state index in [4.69, 9.17) is 4.74 Å². The Morgan fingerprint density at radius 1 is 1.36 bits per heavy atom. The second kappa shape index (κ2) is 9.35. The highest BCUT2D eigenvalue weighted by molar-refractivity contribution is 5.94. The number of amides is 1. The highest BCUT2D eigenvalue weighted by Gasteiger charge is 2.27. The molecule has 4 heteroatoms. The molecule has 0 spiro atoms. The molecule has 1 aromatic rings. The number of nitrogens with zero attached hydrogens (tertiary/aromatic N) is 1. The van der Waals surface area contributed by atoms with Crippen LogP contribution < -0.4 is 0 Å². The number of piperidine rings is 1. The number of hydrogen-bond acceptors (Lipinski definition) is 3. The third kappa shape index (κ3) is 6.44. The summed E-state index contributed by atoms with van der Waals surface area (Å²) >= 11 is 0. The topological polar surface area (TPSA) is 49.8 Å². The molecular weight excluding hydrogens is 314 g/mol. The minimum absolute atomic E-state index is 0.146. The van der Waals surface area contributed by atoms with E-state index in [9.17, 15) is 9.90 Å². The maximum atomic E-state index is 13.0. The van der Waals surface area contributed by atoms with E-state index in [-0.39, 0.29) is 5.91 Å². The fourth-order valence-corrected chi connectivity index (χ4v) is 3.51. The van der Waals surface area contributed by atoms with Crippen LogP contribution in [0.3, 0.4) is 0 Å². The predicted molar refractivity (Wildman–Crippen MR) is 101 cm³/mol. The molecule has 0 radical (unpaired) electrons. The predicted octanol–water partition coefficient (Wildman–Crippen LogP) is 3.81. The first-order chi connectivity index (χ1) is 11.9. The molecule has 1 N–H and O–H groups in total. The van der Waals surface area contributed by atoms with Crippen LogP contribution in [0.25, 0.3) is 0 Å². The van der Waals surface area contributed by atoms with Gasteiger partial charge in [0.15, 0.2) is 0 Å². The Balaban J connectivity index is 2.04. The fourth-order valence-electron chi connectivity index (χ4n) is 3.51. The minimum Gasteiger partial charge on any atom is -0.390 e. The number of likely N-dealkylation sites (tertiary alicyclic amines) is 1. The van der Waals surface area contributed by atoms with Gasteiger partial charge in [-0.25, -0.2) is 0 Å². The van der Waals surface area contributed by atoms with Gasteiger partial charge in [-0.1, -0.05) is 12.1 Å². The van der Waals surface area contributed by atoms with Crippen molar-refractivity contribution in [1.29, 1.82) is 0 Å². The Bertz CT molecular complexity index is 550. The van der Waals surface area contributed by atoms with Gasteiger partial charge >= 0.3 is 0 Å².